The van der Waals surface area contributed by atoms with Crippen LogP contribution in [0.1, 0.15) is 46.2 Å². The number of carbonyl (C=O) groups is 2. The summed E-state index contributed by atoms with van der Waals surface area (Å²) < 4.78 is 16.3. The highest BCUT2D eigenvalue weighted by atomic mass is 16.5. The van der Waals surface area contributed by atoms with E-state index in [1.54, 1.807) is 36.4 Å². The second-order valence-electron chi connectivity index (χ2n) is 7.57. The second kappa shape index (κ2) is 10.0. The third-order valence-electron chi connectivity index (χ3n) is 5.22. The Balaban J connectivity index is 1.54. The summed E-state index contributed by atoms with van der Waals surface area (Å²) in [5.41, 5.74) is 0.506. The Morgan fingerprint density at radius 1 is 0.941 bits per heavy atom. The molecule has 0 saturated carbocycles. The molecule has 0 spiro atoms. The Bertz CT molecular complexity index is 1390. The molecule has 3 aromatic carbocycles. The van der Waals surface area contributed by atoms with Crippen LogP contribution >= 0.6 is 0 Å². The van der Waals surface area contributed by atoms with Gasteiger partial charge in [-0.25, -0.2) is 9.59 Å². The highest BCUT2D eigenvalue weighted by Gasteiger charge is 2.18. The molecule has 1 atom stereocenters. The van der Waals surface area contributed by atoms with Crippen molar-refractivity contribution in [1.29, 1.82) is 0 Å². The largest absolute Gasteiger partial charge is 0.493 e. The van der Waals surface area contributed by atoms with Crippen LogP contribution in [0.2, 0.25) is 0 Å². The molecule has 1 N–H and O–H groups in total. The van der Waals surface area contributed by atoms with Gasteiger partial charge in [0.15, 0.2) is 0 Å². The van der Waals surface area contributed by atoms with Gasteiger partial charge in [-0.1, -0.05) is 42.5 Å². The lowest BCUT2D eigenvalue weighted by molar-refractivity contribution is 0.0730. The van der Waals surface area contributed by atoms with Gasteiger partial charge in [0.05, 0.1) is 12.6 Å². The Morgan fingerprint density at radius 3 is 2.44 bits per heavy atom. The maximum absolute atomic E-state index is 12.7. The van der Waals surface area contributed by atoms with Crippen LogP contribution in [0.25, 0.3) is 11.0 Å². The van der Waals surface area contributed by atoms with Crippen molar-refractivity contribution in [1.82, 2.24) is 5.32 Å². The number of benzene rings is 3. The highest BCUT2D eigenvalue weighted by Crippen LogP contribution is 2.24. The van der Waals surface area contributed by atoms with Crippen LogP contribution in [0.3, 0.4) is 0 Å². The number of nitrogens with one attached hydrogen (secondary N) is 1. The summed E-state index contributed by atoms with van der Waals surface area (Å²) in [7, 11) is 0. The summed E-state index contributed by atoms with van der Waals surface area (Å²) in [6.45, 7) is 4.07. The molecule has 1 heterocycles. The third kappa shape index (κ3) is 4.99. The number of hydrogen-bond donors (Lipinski definition) is 1. The monoisotopic (exact) mass is 457 g/mol. The molecular weight excluding hydrogens is 434 g/mol. The van der Waals surface area contributed by atoms with Crippen LogP contribution in [0.4, 0.5) is 0 Å². The molecule has 0 fully saturated rings. The van der Waals surface area contributed by atoms with Gasteiger partial charge < -0.3 is 19.2 Å². The van der Waals surface area contributed by atoms with Gasteiger partial charge >= 0.3 is 11.6 Å². The smallest absolute Gasteiger partial charge is 0.349 e. The normalized spacial score (nSPS) is 11.6. The Kier molecular flexibility index (Phi) is 6.73. The zero-order valence-electron chi connectivity index (χ0n) is 18.7. The van der Waals surface area contributed by atoms with Crippen molar-refractivity contribution in [3.63, 3.8) is 0 Å². The van der Waals surface area contributed by atoms with Crippen LogP contribution in [-0.2, 0) is 0 Å². The van der Waals surface area contributed by atoms with E-state index >= 15 is 0 Å². The number of para-hydroxylation sites is 1. The number of fused-ring (bicyclic) bond motifs is 1. The Morgan fingerprint density at radius 2 is 1.68 bits per heavy atom. The summed E-state index contributed by atoms with van der Waals surface area (Å²) in [6, 6.07) is 22.0. The molecule has 4 aromatic rings. The lowest BCUT2D eigenvalue weighted by atomic mass is 10.1. The standard InChI is InChI=1S/C27H23NO6/c1-3-32-23-12-8-7-11-21(23)26(30)33-20-14-13-19-15-22(27(31)34-24(19)16-20)25(29)28-17(2)18-9-5-4-6-10-18/h4-17H,3H2,1-2H3,(H,28,29). The zero-order chi connectivity index (χ0) is 24.1. The molecule has 1 unspecified atom stereocenters. The lowest BCUT2D eigenvalue weighted by Gasteiger charge is -2.14. The van der Waals surface area contributed by atoms with E-state index < -0.39 is 17.5 Å². The highest BCUT2D eigenvalue weighted by molar-refractivity contribution is 5.97. The number of esters is 1. The topological polar surface area (TPSA) is 94.8 Å². The van der Waals surface area contributed by atoms with Gasteiger partial charge in [0, 0.05) is 11.5 Å². The molecular formula is C27H23NO6. The van der Waals surface area contributed by atoms with Crippen molar-refractivity contribution in [3.05, 3.63) is 106 Å². The SMILES string of the molecule is CCOc1ccccc1C(=O)Oc1ccc2cc(C(=O)NC(C)c3ccccc3)c(=O)oc2c1. The van der Waals surface area contributed by atoms with E-state index in [1.165, 1.54) is 12.1 Å². The van der Waals surface area contributed by atoms with E-state index in [0.717, 1.165) is 5.56 Å². The van der Waals surface area contributed by atoms with Gasteiger partial charge in [0.25, 0.3) is 5.91 Å². The fourth-order valence-electron chi connectivity index (χ4n) is 3.49. The first-order valence-electron chi connectivity index (χ1n) is 10.8. The minimum Gasteiger partial charge on any atom is -0.493 e. The van der Waals surface area contributed by atoms with Gasteiger partial charge in [0.2, 0.25) is 0 Å². The quantitative estimate of drug-likeness (QED) is 0.241. The molecule has 0 aliphatic heterocycles. The van der Waals surface area contributed by atoms with Crippen LogP contribution in [0, 0.1) is 0 Å². The number of rotatable bonds is 7. The van der Waals surface area contributed by atoms with Crippen LogP contribution in [0.5, 0.6) is 11.5 Å². The summed E-state index contributed by atoms with van der Waals surface area (Å²) >= 11 is 0. The fraction of sp³-hybridized carbons (Fsp3) is 0.148. The molecule has 4 rings (SSSR count). The average Bonchev–Trinajstić information content (AvgIpc) is 2.84. The Labute approximate surface area is 195 Å². The first-order chi connectivity index (χ1) is 16.5. The van der Waals surface area contributed by atoms with E-state index in [-0.39, 0.29) is 28.5 Å². The van der Waals surface area contributed by atoms with Crippen molar-refractivity contribution in [2.45, 2.75) is 19.9 Å². The molecule has 34 heavy (non-hydrogen) atoms. The minimum atomic E-state index is -0.782. The first-order valence-corrected chi connectivity index (χ1v) is 10.8. The van der Waals surface area contributed by atoms with Crippen molar-refractivity contribution in [3.8, 4) is 11.5 Å². The van der Waals surface area contributed by atoms with Gasteiger partial charge in [-0.15, -0.1) is 0 Å². The maximum Gasteiger partial charge on any atom is 0.349 e. The Hall–Kier alpha value is -4.39. The second-order valence-corrected chi connectivity index (χ2v) is 7.57. The average molecular weight is 457 g/mol. The maximum atomic E-state index is 12.7. The summed E-state index contributed by atoms with van der Waals surface area (Å²) in [4.78, 5) is 37.8. The van der Waals surface area contributed by atoms with Crippen molar-refractivity contribution < 1.29 is 23.5 Å². The molecule has 0 aliphatic rings. The third-order valence-corrected chi connectivity index (χ3v) is 5.22. The predicted octanol–water partition coefficient (Wildman–Crippen LogP) is 4.90. The van der Waals surface area contributed by atoms with E-state index in [2.05, 4.69) is 5.32 Å². The molecule has 0 radical (unpaired) electrons. The molecule has 7 nitrogen and oxygen atoms in total. The predicted molar refractivity (Wildman–Crippen MR) is 127 cm³/mol. The number of carbonyl (C=O) groups excluding carboxylic acids is 2. The lowest BCUT2D eigenvalue weighted by Crippen LogP contribution is -2.30. The van der Waals surface area contributed by atoms with E-state index in [1.807, 2.05) is 44.2 Å². The molecule has 1 aromatic heterocycles. The summed E-state index contributed by atoms with van der Waals surface area (Å²) in [6.07, 6.45) is 0. The molecule has 7 heteroatoms. The van der Waals surface area contributed by atoms with Crippen LogP contribution in [-0.4, -0.2) is 18.5 Å². The van der Waals surface area contributed by atoms with Gasteiger partial charge in [-0.2, -0.15) is 0 Å². The van der Waals surface area contributed by atoms with Gasteiger partial charge in [-0.05, 0) is 49.7 Å². The van der Waals surface area contributed by atoms with Crippen LogP contribution in [0.15, 0.2) is 88.1 Å². The number of hydrogen-bond acceptors (Lipinski definition) is 6. The van der Waals surface area contributed by atoms with E-state index in [4.69, 9.17) is 13.9 Å². The van der Waals surface area contributed by atoms with Crippen molar-refractivity contribution in [2.75, 3.05) is 6.61 Å². The van der Waals surface area contributed by atoms with Crippen LogP contribution < -0.4 is 20.4 Å². The van der Waals surface area contributed by atoms with Crippen molar-refractivity contribution in [2.24, 2.45) is 0 Å². The van der Waals surface area contributed by atoms with Gasteiger partial charge in [-0.3, -0.25) is 4.79 Å². The molecule has 0 aliphatic carbocycles. The summed E-state index contributed by atoms with van der Waals surface area (Å²) in [5.74, 6) is -0.517. The molecule has 0 bridgehead atoms. The fourth-order valence-corrected chi connectivity index (χ4v) is 3.49. The first kappa shape index (κ1) is 22.8. The van der Waals surface area contributed by atoms with Crippen molar-refractivity contribution >= 4 is 22.8 Å². The molecule has 172 valence electrons. The molecule has 0 saturated heterocycles. The summed E-state index contributed by atoms with van der Waals surface area (Å²) in [5, 5.41) is 3.33. The molecule has 1 amide bonds. The van der Waals surface area contributed by atoms with Gasteiger partial charge in [0.1, 0.15) is 28.2 Å². The number of ether oxygens (including phenoxy) is 2. The number of amides is 1. The van der Waals surface area contributed by atoms with E-state index in [9.17, 15) is 14.4 Å². The zero-order valence-corrected chi connectivity index (χ0v) is 18.7. The minimum absolute atomic E-state index is 0.106. The van der Waals surface area contributed by atoms with E-state index in [0.29, 0.717) is 17.7 Å².